The first-order chi connectivity index (χ1) is 9.46. The van der Waals surface area contributed by atoms with E-state index in [1.165, 1.54) is 0 Å². The Bertz CT molecular complexity index is 311. The maximum absolute atomic E-state index is 12.1. The normalized spacial score (nSPS) is 24.9. The molecule has 1 rings (SSSR count). The highest BCUT2D eigenvalue weighted by Gasteiger charge is 2.36. The summed E-state index contributed by atoms with van der Waals surface area (Å²) >= 11 is 0. The number of morpholine rings is 1. The van der Waals surface area contributed by atoms with Gasteiger partial charge in [-0.05, 0) is 40.7 Å². The van der Waals surface area contributed by atoms with E-state index in [0.29, 0.717) is 18.8 Å². The first kappa shape index (κ1) is 17.4. The van der Waals surface area contributed by atoms with E-state index in [0.717, 1.165) is 32.5 Å². The Kier molecular flexibility index (Phi) is 6.92. The van der Waals surface area contributed by atoms with Crippen LogP contribution in [0.4, 0.5) is 0 Å². The Morgan fingerprint density at radius 1 is 1.55 bits per heavy atom. The molecule has 0 radical (unpaired) electrons. The monoisotopic (exact) mass is 286 g/mol. The maximum atomic E-state index is 12.1. The molecule has 118 valence electrons. The second kappa shape index (κ2) is 7.96. The number of ether oxygens (including phenoxy) is 2. The summed E-state index contributed by atoms with van der Waals surface area (Å²) in [5.74, 6) is -0.172. The summed E-state index contributed by atoms with van der Waals surface area (Å²) in [5.41, 5.74) is -0.630. The predicted octanol–water partition coefficient (Wildman–Crippen LogP) is 1.42. The minimum atomic E-state index is -0.630. The van der Waals surface area contributed by atoms with Crippen LogP contribution in [-0.2, 0) is 14.3 Å². The molecule has 0 bridgehead atoms. The van der Waals surface area contributed by atoms with Crippen LogP contribution in [0.5, 0.6) is 0 Å². The van der Waals surface area contributed by atoms with Gasteiger partial charge < -0.3 is 14.8 Å². The highest BCUT2D eigenvalue weighted by atomic mass is 16.5. The van der Waals surface area contributed by atoms with Gasteiger partial charge in [0.15, 0.2) is 0 Å². The van der Waals surface area contributed by atoms with Crippen molar-refractivity contribution >= 4 is 5.97 Å². The van der Waals surface area contributed by atoms with Gasteiger partial charge >= 0.3 is 5.97 Å². The van der Waals surface area contributed by atoms with Gasteiger partial charge in [0.25, 0.3) is 0 Å². The SMILES string of the molecule is CCOC(=O)C(C)(CC(C)N1CCOC(CC)C1)NC. The molecule has 0 aromatic rings. The smallest absolute Gasteiger partial charge is 0.326 e. The van der Waals surface area contributed by atoms with Crippen molar-refractivity contribution < 1.29 is 14.3 Å². The summed E-state index contributed by atoms with van der Waals surface area (Å²) in [5, 5.41) is 3.13. The Morgan fingerprint density at radius 3 is 2.80 bits per heavy atom. The van der Waals surface area contributed by atoms with Gasteiger partial charge in [-0.3, -0.25) is 9.69 Å². The van der Waals surface area contributed by atoms with Crippen molar-refractivity contribution in [2.45, 2.75) is 58.2 Å². The van der Waals surface area contributed by atoms with Gasteiger partial charge in [0, 0.05) is 19.1 Å². The van der Waals surface area contributed by atoms with Crippen LogP contribution >= 0.6 is 0 Å². The van der Waals surface area contributed by atoms with E-state index in [1.807, 2.05) is 20.9 Å². The van der Waals surface area contributed by atoms with Crippen molar-refractivity contribution in [3.63, 3.8) is 0 Å². The van der Waals surface area contributed by atoms with Gasteiger partial charge in [-0.2, -0.15) is 0 Å². The minimum Gasteiger partial charge on any atom is -0.465 e. The van der Waals surface area contributed by atoms with Gasteiger partial charge in [0.05, 0.1) is 19.3 Å². The number of hydrogen-bond acceptors (Lipinski definition) is 5. The second-order valence-corrected chi connectivity index (χ2v) is 5.75. The molecule has 5 nitrogen and oxygen atoms in total. The van der Waals surface area contributed by atoms with Crippen molar-refractivity contribution in [1.29, 1.82) is 0 Å². The number of hydrogen-bond donors (Lipinski definition) is 1. The third kappa shape index (κ3) is 4.43. The molecule has 20 heavy (non-hydrogen) atoms. The van der Waals surface area contributed by atoms with Gasteiger partial charge in [0.1, 0.15) is 5.54 Å². The minimum absolute atomic E-state index is 0.172. The number of nitrogens with zero attached hydrogens (tertiary/aromatic N) is 1. The summed E-state index contributed by atoms with van der Waals surface area (Å²) in [6.45, 7) is 11.1. The molecule has 3 atom stereocenters. The number of carbonyl (C=O) groups is 1. The number of nitrogens with one attached hydrogen (secondary N) is 1. The third-order valence-corrected chi connectivity index (χ3v) is 4.23. The van der Waals surface area contributed by atoms with Crippen molar-refractivity contribution in [1.82, 2.24) is 10.2 Å². The number of rotatable bonds is 7. The fourth-order valence-corrected chi connectivity index (χ4v) is 2.69. The molecule has 1 N–H and O–H groups in total. The summed E-state index contributed by atoms with van der Waals surface area (Å²) < 4.78 is 10.9. The predicted molar refractivity (Wildman–Crippen MR) is 79.8 cm³/mol. The lowest BCUT2D eigenvalue weighted by Gasteiger charge is -2.39. The summed E-state index contributed by atoms with van der Waals surface area (Å²) in [6, 6.07) is 0.315. The van der Waals surface area contributed by atoms with E-state index in [2.05, 4.69) is 24.1 Å². The molecule has 0 aromatic heterocycles. The van der Waals surface area contributed by atoms with Crippen LogP contribution < -0.4 is 5.32 Å². The van der Waals surface area contributed by atoms with Gasteiger partial charge in [-0.15, -0.1) is 0 Å². The number of esters is 1. The second-order valence-electron chi connectivity index (χ2n) is 5.75. The molecule has 1 fully saturated rings. The average Bonchev–Trinajstić information content (AvgIpc) is 2.47. The molecule has 0 aromatic carbocycles. The molecular weight excluding hydrogens is 256 g/mol. The Balaban J connectivity index is 2.62. The summed E-state index contributed by atoms with van der Waals surface area (Å²) in [4.78, 5) is 14.5. The largest absolute Gasteiger partial charge is 0.465 e. The zero-order valence-corrected chi connectivity index (χ0v) is 13.6. The van der Waals surface area contributed by atoms with Crippen molar-refractivity contribution in [2.24, 2.45) is 0 Å². The van der Waals surface area contributed by atoms with Crippen LogP contribution in [0.2, 0.25) is 0 Å². The summed E-state index contributed by atoms with van der Waals surface area (Å²) in [6.07, 6.45) is 2.08. The lowest BCUT2D eigenvalue weighted by Crippen LogP contribution is -2.55. The number of likely N-dealkylation sites (N-methyl/N-ethyl adjacent to an activating group) is 1. The van der Waals surface area contributed by atoms with Crippen molar-refractivity contribution in [2.75, 3.05) is 33.4 Å². The lowest BCUT2D eigenvalue weighted by molar-refractivity contribution is -0.151. The van der Waals surface area contributed by atoms with Crippen LogP contribution in [0.3, 0.4) is 0 Å². The van der Waals surface area contributed by atoms with Gasteiger partial charge in [-0.25, -0.2) is 0 Å². The first-order valence-corrected chi connectivity index (χ1v) is 7.68. The van der Waals surface area contributed by atoms with Crippen LogP contribution in [0.1, 0.15) is 40.5 Å². The molecule has 0 aliphatic carbocycles. The van der Waals surface area contributed by atoms with E-state index in [9.17, 15) is 4.79 Å². The fourth-order valence-electron chi connectivity index (χ4n) is 2.69. The fraction of sp³-hybridized carbons (Fsp3) is 0.933. The standard InChI is InChI=1S/C15H30N2O3/c1-6-13-11-17(8-9-20-13)12(3)10-15(4,16-5)14(18)19-7-2/h12-13,16H,6-11H2,1-5H3. The molecular formula is C15H30N2O3. The van der Waals surface area contributed by atoms with E-state index in [4.69, 9.17) is 9.47 Å². The molecule has 1 aliphatic rings. The lowest BCUT2D eigenvalue weighted by atomic mass is 9.92. The topological polar surface area (TPSA) is 50.8 Å². The van der Waals surface area contributed by atoms with Gasteiger partial charge in [0.2, 0.25) is 0 Å². The van der Waals surface area contributed by atoms with E-state index in [1.54, 1.807) is 0 Å². The Labute approximate surface area is 123 Å². The van der Waals surface area contributed by atoms with Crippen LogP contribution in [0, 0.1) is 0 Å². The molecule has 0 spiro atoms. The van der Waals surface area contributed by atoms with Crippen LogP contribution in [0.25, 0.3) is 0 Å². The highest BCUT2D eigenvalue weighted by Crippen LogP contribution is 2.20. The van der Waals surface area contributed by atoms with Crippen molar-refractivity contribution in [3.8, 4) is 0 Å². The molecule has 5 heteroatoms. The molecule has 1 aliphatic heterocycles. The maximum Gasteiger partial charge on any atom is 0.326 e. The highest BCUT2D eigenvalue weighted by molar-refractivity contribution is 5.80. The van der Waals surface area contributed by atoms with Crippen molar-refractivity contribution in [3.05, 3.63) is 0 Å². The van der Waals surface area contributed by atoms with Crippen LogP contribution in [-0.4, -0.2) is 61.9 Å². The molecule has 1 saturated heterocycles. The molecule has 3 unspecified atom stereocenters. The Hall–Kier alpha value is -0.650. The zero-order chi connectivity index (χ0) is 15.2. The first-order valence-electron chi connectivity index (χ1n) is 7.68. The van der Waals surface area contributed by atoms with E-state index < -0.39 is 5.54 Å². The van der Waals surface area contributed by atoms with Gasteiger partial charge in [-0.1, -0.05) is 6.92 Å². The zero-order valence-electron chi connectivity index (χ0n) is 13.6. The molecule has 1 heterocycles. The van der Waals surface area contributed by atoms with E-state index in [-0.39, 0.29) is 5.97 Å². The number of carbonyl (C=O) groups excluding carboxylic acids is 1. The van der Waals surface area contributed by atoms with E-state index >= 15 is 0 Å². The average molecular weight is 286 g/mol. The third-order valence-electron chi connectivity index (χ3n) is 4.23. The summed E-state index contributed by atoms with van der Waals surface area (Å²) in [7, 11) is 1.82. The van der Waals surface area contributed by atoms with Crippen LogP contribution in [0.15, 0.2) is 0 Å². The quantitative estimate of drug-likeness (QED) is 0.717. The Morgan fingerprint density at radius 2 is 2.25 bits per heavy atom. The molecule has 0 amide bonds. The molecule has 0 saturated carbocycles.